The first kappa shape index (κ1) is 31.3. The van der Waals surface area contributed by atoms with Crippen molar-refractivity contribution in [3.63, 3.8) is 0 Å². The lowest BCUT2D eigenvalue weighted by Gasteiger charge is -2.34. The van der Waals surface area contributed by atoms with Crippen molar-refractivity contribution in [2.45, 2.75) is 67.3 Å². The van der Waals surface area contributed by atoms with E-state index in [1.54, 1.807) is 4.57 Å². The summed E-state index contributed by atoms with van der Waals surface area (Å²) >= 11 is 8.79. The summed E-state index contributed by atoms with van der Waals surface area (Å²) in [4.78, 5) is 8.39. The zero-order valence-corrected chi connectivity index (χ0v) is 27.2. The molecule has 0 saturated heterocycles. The molecule has 4 aromatic rings. The molecule has 1 aliphatic carbocycles. The Balaban J connectivity index is 1.28. The lowest BCUT2D eigenvalue weighted by Crippen LogP contribution is -2.42. The van der Waals surface area contributed by atoms with Crippen LogP contribution in [0.5, 0.6) is 0 Å². The lowest BCUT2D eigenvalue weighted by atomic mass is 9.72. The Hall–Kier alpha value is -3.18. The van der Waals surface area contributed by atoms with Gasteiger partial charge in [-0.2, -0.15) is 0 Å². The second-order valence-corrected chi connectivity index (χ2v) is 12.2. The minimum absolute atomic E-state index is 0.0632. The van der Waals surface area contributed by atoms with Crippen LogP contribution in [0.3, 0.4) is 0 Å². The average molecular weight is 618 g/mol. The van der Waals surface area contributed by atoms with Crippen molar-refractivity contribution in [1.29, 1.82) is 0 Å². The highest BCUT2D eigenvalue weighted by Gasteiger charge is 2.28. The molecule has 0 bridgehead atoms. The third kappa shape index (κ3) is 7.49. The van der Waals surface area contributed by atoms with Crippen LogP contribution >= 0.6 is 25.3 Å². The van der Waals surface area contributed by atoms with Crippen molar-refractivity contribution in [3.05, 3.63) is 83.9 Å². The number of thiol groups is 2. The molecule has 1 fully saturated rings. The summed E-state index contributed by atoms with van der Waals surface area (Å²) in [6.07, 6.45) is 5.77. The zero-order valence-electron chi connectivity index (χ0n) is 25.4. The van der Waals surface area contributed by atoms with Crippen LogP contribution in [0.25, 0.3) is 5.69 Å². The average Bonchev–Trinajstić information content (AvgIpc) is 3.38. The van der Waals surface area contributed by atoms with Crippen LogP contribution in [0.1, 0.15) is 62.0 Å². The third-order valence-corrected chi connectivity index (χ3v) is 8.96. The molecule has 228 valence electrons. The predicted molar refractivity (Wildman–Crippen MR) is 182 cm³/mol. The van der Waals surface area contributed by atoms with E-state index >= 15 is 0 Å². The zero-order chi connectivity index (χ0) is 30.3. The van der Waals surface area contributed by atoms with Crippen molar-refractivity contribution in [2.24, 2.45) is 0 Å². The highest BCUT2D eigenvalue weighted by molar-refractivity contribution is 7.80. The Labute approximate surface area is 266 Å². The van der Waals surface area contributed by atoms with E-state index in [4.69, 9.17) is 4.84 Å². The highest BCUT2D eigenvalue weighted by Crippen LogP contribution is 2.45. The van der Waals surface area contributed by atoms with Crippen LogP contribution < -0.4 is 20.8 Å². The van der Waals surface area contributed by atoms with Crippen molar-refractivity contribution in [3.8, 4) is 5.69 Å². The molecule has 5 rings (SSSR count). The van der Waals surface area contributed by atoms with E-state index in [-0.39, 0.29) is 6.10 Å². The third-order valence-electron chi connectivity index (χ3n) is 8.38. The highest BCUT2D eigenvalue weighted by atomic mass is 32.1. The summed E-state index contributed by atoms with van der Waals surface area (Å²) in [5.41, 5.74) is 13.5. The minimum atomic E-state index is -0.0632. The van der Waals surface area contributed by atoms with Gasteiger partial charge in [-0.15, -0.1) is 35.5 Å². The number of benzene rings is 3. The number of rotatable bonds is 12. The largest absolute Gasteiger partial charge is 0.378 e. The molecule has 0 aliphatic heterocycles. The summed E-state index contributed by atoms with van der Waals surface area (Å²) in [5.74, 6) is 1.02. The van der Waals surface area contributed by atoms with Gasteiger partial charge in [0.25, 0.3) is 0 Å². The van der Waals surface area contributed by atoms with Gasteiger partial charge in [-0.1, -0.05) is 50.1 Å². The second kappa shape index (κ2) is 14.5. The molecule has 10 heteroatoms. The van der Waals surface area contributed by atoms with E-state index < -0.39 is 0 Å². The van der Waals surface area contributed by atoms with E-state index in [9.17, 15) is 0 Å². The molecule has 8 nitrogen and oxygen atoms in total. The number of hydrazine groups is 1. The Morgan fingerprint density at radius 3 is 2.09 bits per heavy atom. The number of nitrogens with one attached hydrogen (secondary N) is 2. The molecule has 3 atom stereocenters. The molecule has 3 unspecified atom stereocenters. The van der Waals surface area contributed by atoms with Crippen molar-refractivity contribution >= 4 is 42.3 Å². The van der Waals surface area contributed by atoms with E-state index in [1.807, 2.05) is 31.3 Å². The van der Waals surface area contributed by atoms with E-state index in [2.05, 4.69) is 126 Å². The van der Waals surface area contributed by atoms with E-state index in [1.165, 1.54) is 42.5 Å². The maximum Gasteiger partial charge on any atom is 0.193 e. The normalized spacial score (nSPS) is 17.4. The summed E-state index contributed by atoms with van der Waals surface area (Å²) in [7, 11) is 6.20. The summed E-state index contributed by atoms with van der Waals surface area (Å²) in [6, 6.07) is 26.0. The van der Waals surface area contributed by atoms with Gasteiger partial charge in [-0.3, -0.25) is 14.9 Å². The molecule has 0 radical (unpaired) electrons. The van der Waals surface area contributed by atoms with Crippen LogP contribution in [0.15, 0.2) is 83.1 Å². The number of anilines is 3. The second-order valence-electron chi connectivity index (χ2n) is 11.4. The van der Waals surface area contributed by atoms with Gasteiger partial charge in [0.05, 0.1) is 23.6 Å². The van der Waals surface area contributed by atoms with Crippen LogP contribution in [0.2, 0.25) is 0 Å². The van der Waals surface area contributed by atoms with Gasteiger partial charge >= 0.3 is 0 Å². The van der Waals surface area contributed by atoms with Gasteiger partial charge in [0.15, 0.2) is 10.3 Å². The standard InChI is InChI=1S/C33H43N7OS2/c1-5-29(41-37-25-13-10-16-28(21-25)40-32(42)35-36-33(40)43)22-39(34-2)27-15-9-12-24(20-27)31-18-7-6-17-30(31)23-11-8-14-26(19-23)38(3)4/h8-16,19-21,29-31,34,37H,5-7,17-18,22H2,1-4H3,(H,35,42)(H,36,43). The lowest BCUT2D eigenvalue weighted by molar-refractivity contribution is 0.0998. The fourth-order valence-corrected chi connectivity index (χ4v) is 6.61. The monoisotopic (exact) mass is 617 g/mol. The maximum absolute atomic E-state index is 6.20. The van der Waals surface area contributed by atoms with Crippen molar-refractivity contribution in [1.82, 2.24) is 20.2 Å². The van der Waals surface area contributed by atoms with Gasteiger partial charge < -0.3 is 9.91 Å². The molecule has 1 aliphatic rings. The first-order valence-electron chi connectivity index (χ1n) is 15.1. The molecule has 0 spiro atoms. The van der Waals surface area contributed by atoms with Crippen LogP contribution in [-0.4, -0.2) is 48.6 Å². The Kier molecular flexibility index (Phi) is 10.6. The number of nitrogens with zero attached hydrogens (tertiary/aromatic N) is 5. The Morgan fingerprint density at radius 1 is 0.884 bits per heavy atom. The Bertz CT molecular complexity index is 1470. The first-order valence-corrected chi connectivity index (χ1v) is 15.9. The molecular weight excluding hydrogens is 575 g/mol. The molecule has 0 amide bonds. The van der Waals surface area contributed by atoms with Gasteiger partial charge in [-0.25, -0.2) is 5.43 Å². The number of hydrogen-bond donors (Lipinski definition) is 4. The van der Waals surface area contributed by atoms with Gasteiger partial charge in [-0.05, 0) is 84.7 Å². The summed E-state index contributed by atoms with van der Waals surface area (Å²) < 4.78 is 1.76. The van der Waals surface area contributed by atoms with Crippen LogP contribution in [-0.2, 0) is 4.84 Å². The first-order chi connectivity index (χ1) is 20.9. The quantitative estimate of drug-likeness (QED) is 0.0998. The SMILES string of the molecule is CCC(CN(NC)c1cccc(C2CCCCC2c2cccc(N(C)C)c2)c1)ONc1cccc(-n2c(S)nnc2S)c1. The molecule has 2 N–H and O–H groups in total. The van der Waals surface area contributed by atoms with E-state index in [0.29, 0.717) is 28.7 Å². The fourth-order valence-electron chi connectivity index (χ4n) is 6.02. The van der Waals surface area contributed by atoms with Crippen LogP contribution in [0.4, 0.5) is 17.1 Å². The molecule has 1 saturated carbocycles. The van der Waals surface area contributed by atoms with Gasteiger partial charge in [0, 0.05) is 26.8 Å². The van der Waals surface area contributed by atoms with Crippen molar-refractivity contribution < 1.29 is 4.84 Å². The smallest absolute Gasteiger partial charge is 0.193 e. The molecular formula is C33H43N7OS2. The van der Waals surface area contributed by atoms with Gasteiger partial charge in [0.2, 0.25) is 0 Å². The number of aromatic nitrogens is 3. The topological polar surface area (TPSA) is 70.5 Å². The summed E-state index contributed by atoms with van der Waals surface area (Å²) in [6.45, 7) is 2.81. The Morgan fingerprint density at radius 2 is 1.49 bits per heavy atom. The van der Waals surface area contributed by atoms with Crippen molar-refractivity contribution in [2.75, 3.05) is 43.1 Å². The number of hydrogen-bond acceptors (Lipinski definition) is 9. The summed E-state index contributed by atoms with van der Waals surface area (Å²) in [5, 5.41) is 11.1. The molecule has 3 aromatic carbocycles. The molecule has 1 aromatic heterocycles. The minimum Gasteiger partial charge on any atom is -0.378 e. The van der Waals surface area contributed by atoms with Gasteiger partial charge in [0.1, 0.15) is 6.10 Å². The molecule has 43 heavy (non-hydrogen) atoms. The van der Waals surface area contributed by atoms with Crippen LogP contribution in [0, 0.1) is 0 Å². The van der Waals surface area contributed by atoms with E-state index in [0.717, 1.165) is 23.5 Å². The predicted octanol–water partition coefficient (Wildman–Crippen LogP) is 7.12. The fraction of sp³-hybridized carbons (Fsp3) is 0.394. The molecule has 1 heterocycles. The maximum atomic E-state index is 6.20.